The Balaban J connectivity index is 2.11. The van der Waals surface area contributed by atoms with Crippen molar-refractivity contribution >= 4 is 34.8 Å². The van der Waals surface area contributed by atoms with Crippen molar-refractivity contribution in [2.24, 2.45) is 0 Å². The van der Waals surface area contributed by atoms with Crippen LogP contribution in [-0.2, 0) is 15.8 Å². The van der Waals surface area contributed by atoms with E-state index in [-0.39, 0.29) is 16.7 Å². The fourth-order valence-corrected chi connectivity index (χ4v) is 2.31. The first-order valence-corrected chi connectivity index (χ1v) is 7.71. The molecule has 0 radical (unpaired) electrons. The van der Waals surface area contributed by atoms with E-state index in [4.69, 9.17) is 16.3 Å². The monoisotopic (exact) mass is 386 g/mol. The van der Waals surface area contributed by atoms with E-state index in [9.17, 15) is 22.8 Å². The molecule has 0 fully saturated rings. The number of rotatable bonds is 5. The Morgan fingerprint density at radius 3 is 2.42 bits per heavy atom. The molecule has 0 saturated carbocycles. The highest BCUT2D eigenvalue weighted by atomic mass is 35.5. The first-order chi connectivity index (χ1) is 12.2. The first-order valence-electron chi connectivity index (χ1n) is 7.33. The summed E-state index contributed by atoms with van der Waals surface area (Å²) in [5, 5.41) is 4.39. The Hall–Kier alpha value is -2.74. The van der Waals surface area contributed by atoms with Gasteiger partial charge in [-0.25, -0.2) is 0 Å². The van der Waals surface area contributed by atoms with Gasteiger partial charge in [0.25, 0.3) is 5.91 Å². The van der Waals surface area contributed by atoms with Crippen molar-refractivity contribution in [3.63, 3.8) is 0 Å². The van der Waals surface area contributed by atoms with Gasteiger partial charge in [-0.05, 0) is 24.3 Å². The average molecular weight is 387 g/mol. The number of hydrogen-bond donors (Lipinski definition) is 2. The van der Waals surface area contributed by atoms with E-state index in [0.717, 1.165) is 12.1 Å². The highest BCUT2D eigenvalue weighted by Gasteiger charge is 2.34. The van der Waals surface area contributed by atoms with Gasteiger partial charge in [-0.3, -0.25) is 9.59 Å². The van der Waals surface area contributed by atoms with E-state index in [2.05, 4.69) is 10.6 Å². The number of carbonyl (C=O) groups excluding carboxylic acids is 2. The number of carbonyl (C=O) groups is 2. The predicted octanol–water partition coefficient (Wildman–Crippen LogP) is 4.33. The number of benzene rings is 2. The highest BCUT2D eigenvalue weighted by molar-refractivity contribution is 6.34. The van der Waals surface area contributed by atoms with Gasteiger partial charge in [0.2, 0.25) is 5.91 Å². The summed E-state index contributed by atoms with van der Waals surface area (Å²) in [6.45, 7) is 0.735. The van der Waals surface area contributed by atoms with Crippen LogP contribution in [-0.4, -0.2) is 18.4 Å². The number of amides is 2. The molecule has 138 valence electrons. The van der Waals surface area contributed by atoms with Crippen LogP contribution in [0.5, 0.6) is 5.75 Å². The van der Waals surface area contributed by atoms with Crippen molar-refractivity contribution in [1.82, 2.24) is 0 Å². The minimum Gasteiger partial charge on any atom is -0.482 e. The summed E-state index contributed by atoms with van der Waals surface area (Å²) in [6.07, 6.45) is -4.67. The summed E-state index contributed by atoms with van der Waals surface area (Å²) in [6, 6.07) is 9.53. The van der Waals surface area contributed by atoms with Crippen LogP contribution in [0.15, 0.2) is 42.5 Å². The molecule has 2 N–H and O–H groups in total. The number of para-hydroxylation sites is 3. The fraction of sp³-hybridized carbons (Fsp3) is 0.176. The summed E-state index contributed by atoms with van der Waals surface area (Å²) < 4.78 is 44.4. The van der Waals surface area contributed by atoms with Gasteiger partial charge < -0.3 is 15.4 Å². The summed E-state index contributed by atoms with van der Waals surface area (Å²) in [5.74, 6) is -0.967. The van der Waals surface area contributed by atoms with Gasteiger partial charge in [0.15, 0.2) is 6.61 Å². The normalized spacial score (nSPS) is 11.0. The van der Waals surface area contributed by atoms with Crippen LogP contribution in [0.3, 0.4) is 0 Å². The third kappa shape index (κ3) is 5.13. The van der Waals surface area contributed by atoms with Crippen molar-refractivity contribution in [1.29, 1.82) is 0 Å². The SMILES string of the molecule is CC(=O)Nc1ccccc1OCC(=O)Nc1c(Cl)cccc1C(F)(F)F. The van der Waals surface area contributed by atoms with Crippen LogP contribution < -0.4 is 15.4 Å². The lowest BCUT2D eigenvalue weighted by atomic mass is 10.1. The zero-order valence-electron chi connectivity index (χ0n) is 13.5. The van der Waals surface area contributed by atoms with Gasteiger partial charge >= 0.3 is 6.18 Å². The van der Waals surface area contributed by atoms with E-state index in [1.54, 1.807) is 18.2 Å². The first kappa shape index (κ1) is 19.6. The Bertz CT molecular complexity index is 825. The number of halogens is 4. The second kappa shape index (κ2) is 8.09. The largest absolute Gasteiger partial charge is 0.482 e. The van der Waals surface area contributed by atoms with E-state index in [1.807, 2.05) is 0 Å². The molecule has 0 bridgehead atoms. The molecule has 2 rings (SSSR count). The Labute approximate surface area is 152 Å². The molecule has 0 aliphatic heterocycles. The fourth-order valence-electron chi connectivity index (χ4n) is 2.09. The molecule has 2 amide bonds. The standard InChI is InChI=1S/C17H14ClF3N2O3/c1-10(24)22-13-7-2-3-8-14(13)26-9-15(25)23-16-11(17(19,20)21)5-4-6-12(16)18/h2-8H,9H2,1H3,(H,22,24)(H,23,25). The molecule has 26 heavy (non-hydrogen) atoms. The van der Waals surface area contributed by atoms with Gasteiger partial charge in [0.1, 0.15) is 5.75 Å². The van der Waals surface area contributed by atoms with E-state index >= 15 is 0 Å². The quantitative estimate of drug-likeness (QED) is 0.803. The van der Waals surface area contributed by atoms with Crippen LogP contribution in [0.1, 0.15) is 12.5 Å². The number of anilines is 2. The highest BCUT2D eigenvalue weighted by Crippen LogP contribution is 2.38. The van der Waals surface area contributed by atoms with E-state index in [0.29, 0.717) is 5.69 Å². The molecule has 0 aliphatic carbocycles. The molecular weight excluding hydrogens is 373 g/mol. The van der Waals surface area contributed by atoms with Crippen LogP contribution in [0.25, 0.3) is 0 Å². The average Bonchev–Trinajstić information content (AvgIpc) is 2.54. The van der Waals surface area contributed by atoms with Crippen LogP contribution in [0, 0.1) is 0 Å². The maximum Gasteiger partial charge on any atom is 0.418 e. The summed E-state index contributed by atoms with van der Waals surface area (Å²) >= 11 is 5.78. The molecule has 0 saturated heterocycles. The maximum atomic E-state index is 13.0. The molecule has 0 heterocycles. The lowest BCUT2D eigenvalue weighted by Gasteiger charge is -2.16. The van der Waals surface area contributed by atoms with Gasteiger partial charge in [0.05, 0.1) is 22.0 Å². The van der Waals surface area contributed by atoms with E-state index in [1.165, 1.54) is 19.1 Å². The number of ether oxygens (including phenoxy) is 1. The zero-order chi connectivity index (χ0) is 19.3. The summed E-state index contributed by atoms with van der Waals surface area (Å²) in [7, 11) is 0. The molecule has 5 nitrogen and oxygen atoms in total. The molecular formula is C17H14ClF3N2O3. The minimum absolute atomic E-state index is 0.202. The predicted molar refractivity (Wildman–Crippen MR) is 91.3 cm³/mol. The smallest absolute Gasteiger partial charge is 0.418 e. The molecule has 2 aromatic rings. The second-order valence-electron chi connectivity index (χ2n) is 5.17. The third-order valence-corrected chi connectivity index (χ3v) is 3.45. The molecule has 0 aromatic heterocycles. The molecule has 2 aromatic carbocycles. The lowest BCUT2D eigenvalue weighted by Crippen LogP contribution is -2.23. The molecule has 0 aliphatic rings. The number of hydrogen-bond acceptors (Lipinski definition) is 3. The topological polar surface area (TPSA) is 67.4 Å². The Kier molecular flexibility index (Phi) is 6.10. The Morgan fingerprint density at radius 2 is 1.77 bits per heavy atom. The van der Waals surface area contributed by atoms with Crippen molar-refractivity contribution in [2.75, 3.05) is 17.2 Å². The third-order valence-electron chi connectivity index (χ3n) is 3.14. The lowest BCUT2D eigenvalue weighted by molar-refractivity contribution is -0.137. The maximum absolute atomic E-state index is 13.0. The van der Waals surface area contributed by atoms with Gasteiger partial charge in [0, 0.05) is 6.92 Å². The van der Waals surface area contributed by atoms with Crippen molar-refractivity contribution in [2.45, 2.75) is 13.1 Å². The number of nitrogens with one attached hydrogen (secondary N) is 2. The van der Waals surface area contributed by atoms with Gasteiger partial charge in [-0.2, -0.15) is 13.2 Å². The van der Waals surface area contributed by atoms with Crippen molar-refractivity contribution < 1.29 is 27.5 Å². The van der Waals surface area contributed by atoms with E-state index < -0.39 is 29.9 Å². The minimum atomic E-state index is -4.67. The van der Waals surface area contributed by atoms with Crippen molar-refractivity contribution in [3.05, 3.63) is 53.1 Å². The van der Waals surface area contributed by atoms with Crippen molar-refractivity contribution in [3.8, 4) is 5.75 Å². The van der Waals surface area contributed by atoms with Crippen LogP contribution >= 0.6 is 11.6 Å². The molecule has 0 atom stereocenters. The summed E-state index contributed by atoms with van der Waals surface area (Å²) in [5.41, 5.74) is -1.26. The molecule has 0 unspecified atom stereocenters. The van der Waals surface area contributed by atoms with Crippen LogP contribution in [0.4, 0.5) is 24.5 Å². The van der Waals surface area contributed by atoms with Gasteiger partial charge in [-0.1, -0.05) is 29.8 Å². The molecule has 0 spiro atoms. The molecule has 9 heteroatoms. The second-order valence-corrected chi connectivity index (χ2v) is 5.58. The van der Waals surface area contributed by atoms with Crippen LogP contribution in [0.2, 0.25) is 5.02 Å². The summed E-state index contributed by atoms with van der Waals surface area (Å²) in [4.78, 5) is 23.1. The zero-order valence-corrected chi connectivity index (χ0v) is 14.2. The van der Waals surface area contributed by atoms with Gasteiger partial charge in [-0.15, -0.1) is 0 Å². The number of alkyl halides is 3. The Morgan fingerprint density at radius 1 is 1.08 bits per heavy atom.